The Bertz CT molecular complexity index is 1310. The van der Waals surface area contributed by atoms with Gasteiger partial charge in [-0.3, -0.25) is 9.59 Å². The molecule has 2 amide bonds. The summed E-state index contributed by atoms with van der Waals surface area (Å²) in [7, 11) is 3.41. The van der Waals surface area contributed by atoms with Gasteiger partial charge in [0.25, 0.3) is 5.91 Å². The molecule has 0 aliphatic rings. The topological polar surface area (TPSA) is 79.6 Å². The molecule has 4 rings (SSSR count). The Hall–Kier alpha value is -3.74. The van der Waals surface area contributed by atoms with Crippen LogP contribution in [0.2, 0.25) is 0 Å². The first-order valence-corrected chi connectivity index (χ1v) is 10.7. The summed E-state index contributed by atoms with van der Waals surface area (Å²) in [5, 5.41) is 8.33. The standard InChI is InChI=1S/C25H27N5O2/c1-16-20(17(2)30-24(27-16)21-7-5-6-8-22(21)28-30)13-14-23(31)29(4)15-18-9-11-19(12-10-18)25(32)26-3/h5-12H,13-15H2,1-4H3,(H,26,32). The number of aryl methyl sites for hydroxylation is 2. The van der Waals surface area contributed by atoms with Gasteiger partial charge in [0.05, 0.1) is 5.52 Å². The van der Waals surface area contributed by atoms with Crippen LogP contribution in [0.5, 0.6) is 0 Å². The van der Waals surface area contributed by atoms with Gasteiger partial charge in [0, 0.05) is 49.4 Å². The van der Waals surface area contributed by atoms with E-state index in [1.54, 1.807) is 31.1 Å². The van der Waals surface area contributed by atoms with Crippen molar-refractivity contribution < 1.29 is 9.59 Å². The first-order chi connectivity index (χ1) is 15.4. The SMILES string of the molecule is CNC(=O)c1ccc(CN(C)C(=O)CCc2c(C)nc3c4ccccc4nn3c2C)cc1. The van der Waals surface area contributed by atoms with Gasteiger partial charge in [-0.05, 0) is 55.7 Å². The van der Waals surface area contributed by atoms with Crippen LogP contribution in [0.15, 0.2) is 48.5 Å². The van der Waals surface area contributed by atoms with Crippen molar-refractivity contribution in [1.29, 1.82) is 0 Å². The summed E-state index contributed by atoms with van der Waals surface area (Å²) in [5.74, 6) is -0.0627. The molecule has 0 fully saturated rings. The Morgan fingerprint density at radius 2 is 1.78 bits per heavy atom. The van der Waals surface area contributed by atoms with Gasteiger partial charge in [-0.1, -0.05) is 24.3 Å². The third-order valence-corrected chi connectivity index (χ3v) is 5.90. The number of nitrogens with zero attached hydrogens (tertiary/aromatic N) is 4. The average molecular weight is 430 g/mol. The highest BCUT2D eigenvalue weighted by Crippen LogP contribution is 2.23. The normalized spacial score (nSPS) is 11.1. The van der Waals surface area contributed by atoms with E-state index in [-0.39, 0.29) is 11.8 Å². The molecule has 4 aromatic rings. The van der Waals surface area contributed by atoms with Crippen molar-refractivity contribution in [2.45, 2.75) is 33.2 Å². The van der Waals surface area contributed by atoms with Crippen molar-refractivity contribution in [3.63, 3.8) is 0 Å². The zero-order valence-electron chi connectivity index (χ0n) is 18.8. The highest BCUT2D eigenvalue weighted by atomic mass is 16.2. The third-order valence-electron chi connectivity index (χ3n) is 5.90. The predicted molar refractivity (Wildman–Crippen MR) is 125 cm³/mol. The smallest absolute Gasteiger partial charge is 0.251 e. The van der Waals surface area contributed by atoms with Gasteiger partial charge < -0.3 is 10.2 Å². The second-order valence-electron chi connectivity index (χ2n) is 8.04. The molecule has 0 aliphatic heterocycles. The maximum absolute atomic E-state index is 12.8. The molecule has 2 heterocycles. The lowest BCUT2D eigenvalue weighted by atomic mass is 10.1. The summed E-state index contributed by atoms with van der Waals surface area (Å²) < 4.78 is 1.88. The van der Waals surface area contributed by atoms with Crippen LogP contribution in [0.3, 0.4) is 0 Å². The Morgan fingerprint density at radius 1 is 1.06 bits per heavy atom. The second kappa shape index (κ2) is 8.78. The molecule has 7 heteroatoms. The molecule has 2 aromatic carbocycles. The van der Waals surface area contributed by atoms with Crippen LogP contribution in [-0.2, 0) is 17.8 Å². The molecule has 32 heavy (non-hydrogen) atoms. The molecular formula is C25H27N5O2. The van der Waals surface area contributed by atoms with E-state index in [1.807, 2.05) is 54.8 Å². The maximum Gasteiger partial charge on any atom is 0.251 e. The highest BCUT2D eigenvalue weighted by Gasteiger charge is 2.16. The van der Waals surface area contributed by atoms with E-state index >= 15 is 0 Å². The van der Waals surface area contributed by atoms with Gasteiger partial charge in [0.1, 0.15) is 0 Å². The van der Waals surface area contributed by atoms with Gasteiger partial charge in [0.15, 0.2) is 5.65 Å². The van der Waals surface area contributed by atoms with E-state index in [4.69, 9.17) is 10.1 Å². The van der Waals surface area contributed by atoms with Crippen LogP contribution in [0.4, 0.5) is 0 Å². The predicted octanol–water partition coefficient (Wildman–Crippen LogP) is 3.45. The number of rotatable bonds is 6. The lowest BCUT2D eigenvalue weighted by Gasteiger charge is -2.18. The molecular weight excluding hydrogens is 402 g/mol. The van der Waals surface area contributed by atoms with Gasteiger partial charge >= 0.3 is 0 Å². The molecule has 2 aromatic heterocycles. The van der Waals surface area contributed by atoms with Gasteiger partial charge in [-0.15, -0.1) is 0 Å². The minimum Gasteiger partial charge on any atom is -0.355 e. The monoisotopic (exact) mass is 429 g/mol. The van der Waals surface area contributed by atoms with Crippen molar-refractivity contribution in [2.75, 3.05) is 14.1 Å². The van der Waals surface area contributed by atoms with Crippen molar-refractivity contribution in [3.8, 4) is 0 Å². The van der Waals surface area contributed by atoms with E-state index in [9.17, 15) is 9.59 Å². The number of amides is 2. The number of benzene rings is 2. The zero-order chi connectivity index (χ0) is 22.8. The summed E-state index contributed by atoms with van der Waals surface area (Å²) in [6, 6.07) is 15.3. The van der Waals surface area contributed by atoms with Crippen LogP contribution in [0.25, 0.3) is 16.6 Å². The maximum atomic E-state index is 12.8. The second-order valence-corrected chi connectivity index (χ2v) is 8.04. The number of carbonyl (C=O) groups excluding carboxylic acids is 2. The Balaban J connectivity index is 1.46. The van der Waals surface area contributed by atoms with Crippen LogP contribution >= 0.6 is 0 Å². The van der Waals surface area contributed by atoms with Crippen LogP contribution in [-0.4, -0.2) is 45.4 Å². The number of aromatic nitrogens is 3. The molecule has 0 bridgehead atoms. The minimum atomic E-state index is -0.123. The molecule has 0 atom stereocenters. The first-order valence-electron chi connectivity index (χ1n) is 10.7. The molecule has 0 unspecified atom stereocenters. The number of hydrogen-bond donors (Lipinski definition) is 1. The van der Waals surface area contributed by atoms with Crippen molar-refractivity contribution in [3.05, 3.63) is 76.6 Å². The molecule has 0 aliphatic carbocycles. The van der Waals surface area contributed by atoms with Crippen molar-refractivity contribution in [1.82, 2.24) is 24.8 Å². The first kappa shape index (κ1) is 21.5. The van der Waals surface area contributed by atoms with E-state index in [1.165, 1.54) is 0 Å². The van der Waals surface area contributed by atoms with Crippen molar-refractivity contribution >= 4 is 28.4 Å². The molecule has 0 saturated carbocycles. The fourth-order valence-electron chi connectivity index (χ4n) is 4.03. The summed E-state index contributed by atoms with van der Waals surface area (Å²) >= 11 is 0. The fraction of sp³-hybridized carbons (Fsp3) is 0.280. The molecule has 164 valence electrons. The average Bonchev–Trinajstić information content (AvgIpc) is 3.17. The Morgan fingerprint density at radius 3 is 2.50 bits per heavy atom. The fourth-order valence-corrected chi connectivity index (χ4v) is 4.03. The van der Waals surface area contributed by atoms with Gasteiger partial charge in [-0.2, -0.15) is 5.10 Å². The van der Waals surface area contributed by atoms with E-state index < -0.39 is 0 Å². The molecule has 0 spiro atoms. The van der Waals surface area contributed by atoms with E-state index in [0.29, 0.717) is 24.9 Å². The Labute approximate surface area is 187 Å². The molecule has 7 nitrogen and oxygen atoms in total. The Kier molecular flexibility index (Phi) is 5.90. The van der Waals surface area contributed by atoms with Gasteiger partial charge in [-0.25, -0.2) is 9.50 Å². The largest absolute Gasteiger partial charge is 0.355 e. The summed E-state index contributed by atoms with van der Waals surface area (Å²) in [6.45, 7) is 4.52. The number of fused-ring (bicyclic) bond motifs is 3. The van der Waals surface area contributed by atoms with E-state index in [0.717, 1.165) is 39.1 Å². The van der Waals surface area contributed by atoms with Crippen LogP contribution in [0.1, 0.15) is 39.3 Å². The number of carbonyl (C=O) groups is 2. The molecule has 0 saturated heterocycles. The summed E-state index contributed by atoms with van der Waals surface area (Å²) in [6.07, 6.45) is 0.998. The van der Waals surface area contributed by atoms with Crippen LogP contribution in [0, 0.1) is 13.8 Å². The quantitative estimate of drug-likeness (QED) is 0.509. The third kappa shape index (κ3) is 4.06. The summed E-state index contributed by atoms with van der Waals surface area (Å²) in [4.78, 5) is 31.0. The van der Waals surface area contributed by atoms with Gasteiger partial charge in [0.2, 0.25) is 5.91 Å². The zero-order valence-corrected chi connectivity index (χ0v) is 18.8. The lowest BCUT2D eigenvalue weighted by Crippen LogP contribution is -2.26. The number of hydrogen-bond acceptors (Lipinski definition) is 4. The molecule has 0 radical (unpaired) electrons. The number of nitrogens with one attached hydrogen (secondary N) is 1. The summed E-state index contributed by atoms with van der Waals surface area (Å²) in [5.41, 5.74) is 6.35. The highest BCUT2D eigenvalue weighted by molar-refractivity contribution is 5.94. The minimum absolute atomic E-state index is 0.0601. The lowest BCUT2D eigenvalue weighted by molar-refractivity contribution is -0.130. The van der Waals surface area contributed by atoms with Crippen LogP contribution < -0.4 is 5.32 Å². The molecule has 1 N–H and O–H groups in total. The van der Waals surface area contributed by atoms with E-state index in [2.05, 4.69) is 5.32 Å². The van der Waals surface area contributed by atoms with Crippen molar-refractivity contribution in [2.24, 2.45) is 0 Å².